The Kier molecular flexibility index (Phi) is 5.50. The number of hydrogen-bond donors (Lipinski definition) is 2. The average Bonchev–Trinajstić information content (AvgIpc) is 3.46. The van der Waals surface area contributed by atoms with Crippen LogP contribution in [0.25, 0.3) is 17.2 Å². The maximum absolute atomic E-state index is 13.1. The van der Waals surface area contributed by atoms with Crippen LogP contribution >= 0.6 is 11.6 Å². The number of anilines is 2. The van der Waals surface area contributed by atoms with Crippen LogP contribution in [0.15, 0.2) is 42.9 Å². The molecule has 184 valence electrons. The number of carbonyl (C=O) groups is 1. The second-order valence-electron chi connectivity index (χ2n) is 9.23. The second-order valence-corrected chi connectivity index (χ2v) is 9.66. The van der Waals surface area contributed by atoms with Crippen molar-refractivity contribution in [3.05, 3.63) is 59.0 Å². The molecule has 2 aliphatic rings. The third-order valence-corrected chi connectivity index (χ3v) is 7.08. The number of nitrogens with zero attached hydrogens (tertiary/aromatic N) is 5. The molecule has 0 bridgehead atoms. The highest BCUT2D eigenvalue weighted by Crippen LogP contribution is 2.45. The third-order valence-electron chi connectivity index (χ3n) is 6.83. The highest BCUT2D eigenvalue weighted by Gasteiger charge is 2.47. The molecule has 36 heavy (non-hydrogen) atoms. The maximum Gasteiger partial charge on any atom is 0.259 e. The molecule has 11 heteroatoms. The molecule has 0 spiro atoms. The first kappa shape index (κ1) is 22.7. The van der Waals surface area contributed by atoms with Crippen LogP contribution in [0.1, 0.15) is 30.9 Å². The summed E-state index contributed by atoms with van der Waals surface area (Å²) >= 11 is 6.05. The van der Waals surface area contributed by atoms with E-state index in [2.05, 4.69) is 25.3 Å². The number of nitrogen functional groups attached to an aromatic ring is 1. The van der Waals surface area contributed by atoms with Gasteiger partial charge in [0.15, 0.2) is 5.82 Å². The molecule has 0 saturated carbocycles. The van der Waals surface area contributed by atoms with Gasteiger partial charge in [-0.15, -0.1) is 0 Å². The molecule has 2 atom stereocenters. The average molecular weight is 506 g/mol. The summed E-state index contributed by atoms with van der Waals surface area (Å²) in [5.41, 5.74) is 7.69. The fraction of sp³-hybridized carbons (Fsp3) is 0.320. The van der Waals surface area contributed by atoms with Crippen molar-refractivity contribution in [1.29, 1.82) is 0 Å². The first-order chi connectivity index (χ1) is 17.4. The van der Waals surface area contributed by atoms with Crippen LogP contribution in [0, 0.1) is 5.92 Å². The summed E-state index contributed by atoms with van der Waals surface area (Å²) in [6.07, 6.45) is 7.29. The second kappa shape index (κ2) is 8.72. The number of amides is 1. The van der Waals surface area contributed by atoms with Gasteiger partial charge in [0.1, 0.15) is 22.7 Å². The van der Waals surface area contributed by atoms with Crippen LogP contribution in [0.4, 0.5) is 11.6 Å². The molecule has 10 nitrogen and oxygen atoms in total. The lowest BCUT2D eigenvalue weighted by Gasteiger charge is -2.23. The van der Waals surface area contributed by atoms with E-state index < -0.39 is 5.41 Å². The quantitative estimate of drug-likeness (QED) is 0.421. The van der Waals surface area contributed by atoms with Crippen molar-refractivity contribution in [2.24, 2.45) is 5.92 Å². The van der Waals surface area contributed by atoms with Gasteiger partial charge >= 0.3 is 0 Å². The first-order valence-corrected chi connectivity index (χ1v) is 12.1. The molecule has 1 amide bonds. The fourth-order valence-electron chi connectivity index (χ4n) is 4.82. The Balaban J connectivity index is 1.38. The topological polar surface area (TPSA) is 130 Å². The molecule has 5 heterocycles. The zero-order chi connectivity index (χ0) is 24.9. The first-order valence-electron chi connectivity index (χ1n) is 11.7. The van der Waals surface area contributed by atoms with Crippen molar-refractivity contribution in [3.63, 3.8) is 0 Å². The van der Waals surface area contributed by atoms with E-state index in [1.807, 2.05) is 0 Å². The molecule has 2 aliphatic heterocycles. The number of fused-ring (bicyclic) bond motifs is 2. The van der Waals surface area contributed by atoms with Crippen LogP contribution in [0.2, 0.25) is 5.02 Å². The number of aromatic nitrogens is 5. The highest BCUT2D eigenvalue weighted by molar-refractivity contribution is 6.30. The molecule has 0 aliphatic carbocycles. The standard InChI is InChI=1S/C25H24ClN7O3/c1-25(15-4-6-16(26)7-5-15)18-19(27)30-20(31-21(18)32-24(25)34)17-11-33-9-8-28-22(33)23(29-17)36-13-14-3-2-10-35-12-14/h4-9,11,14H,2-3,10,12-13H2,1H3,(H3,27,30,31,32,34). The molecule has 1 saturated heterocycles. The van der Waals surface area contributed by atoms with Gasteiger partial charge in [0.2, 0.25) is 11.6 Å². The normalized spacial score (nSPS) is 21.4. The Morgan fingerprint density at radius 3 is 2.89 bits per heavy atom. The number of ether oxygens (including phenoxy) is 2. The van der Waals surface area contributed by atoms with Gasteiger partial charge in [-0.25, -0.2) is 19.9 Å². The third kappa shape index (κ3) is 3.73. The Hall–Kier alpha value is -3.76. The number of benzene rings is 1. The summed E-state index contributed by atoms with van der Waals surface area (Å²) in [5, 5.41) is 3.45. The largest absolute Gasteiger partial charge is 0.475 e. The van der Waals surface area contributed by atoms with E-state index in [4.69, 9.17) is 26.8 Å². The SMILES string of the molecule is CC1(c2ccc(Cl)cc2)C(=O)Nc2nc(-c3cn4ccnc4c(OCC4CCCOC4)n3)nc(N)c21. The van der Waals surface area contributed by atoms with Crippen LogP contribution in [0.5, 0.6) is 5.88 Å². The van der Waals surface area contributed by atoms with Gasteiger partial charge in [0, 0.05) is 36.1 Å². The van der Waals surface area contributed by atoms with E-state index >= 15 is 0 Å². The molecular weight excluding hydrogens is 482 g/mol. The lowest BCUT2D eigenvalue weighted by Crippen LogP contribution is -2.32. The smallest absolute Gasteiger partial charge is 0.259 e. The predicted molar refractivity (Wildman–Crippen MR) is 134 cm³/mol. The van der Waals surface area contributed by atoms with E-state index in [1.54, 1.807) is 54.2 Å². The summed E-state index contributed by atoms with van der Waals surface area (Å²) < 4.78 is 13.4. The van der Waals surface area contributed by atoms with Crippen molar-refractivity contribution in [2.45, 2.75) is 25.2 Å². The Bertz CT molecular complexity index is 1470. The monoisotopic (exact) mass is 505 g/mol. The minimum atomic E-state index is -1.05. The summed E-state index contributed by atoms with van der Waals surface area (Å²) in [7, 11) is 0. The molecule has 6 rings (SSSR count). The molecule has 0 radical (unpaired) electrons. The molecular formula is C25H24ClN7O3. The van der Waals surface area contributed by atoms with Crippen molar-refractivity contribution in [3.8, 4) is 17.4 Å². The lowest BCUT2D eigenvalue weighted by molar-refractivity contribution is -0.119. The molecule has 2 unspecified atom stereocenters. The van der Waals surface area contributed by atoms with Gasteiger partial charge in [0.25, 0.3) is 5.88 Å². The molecule has 1 fully saturated rings. The zero-order valence-electron chi connectivity index (χ0n) is 19.6. The summed E-state index contributed by atoms with van der Waals surface area (Å²) in [6.45, 7) is 3.73. The number of rotatable bonds is 5. The molecule has 4 aromatic rings. The van der Waals surface area contributed by atoms with Gasteiger partial charge in [0.05, 0.1) is 18.8 Å². The van der Waals surface area contributed by atoms with E-state index in [0.29, 0.717) is 52.8 Å². The molecule has 3 N–H and O–H groups in total. The Morgan fingerprint density at radius 2 is 2.11 bits per heavy atom. The number of nitrogens with one attached hydrogen (secondary N) is 1. The minimum Gasteiger partial charge on any atom is -0.475 e. The van der Waals surface area contributed by atoms with Crippen LogP contribution in [-0.4, -0.2) is 50.1 Å². The number of halogens is 1. The number of nitrogens with two attached hydrogens (primary N) is 1. The maximum atomic E-state index is 13.1. The Morgan fingerprint density at radius 1 is 1.28 bits per heavy atom. The van der Waals surface area contributed by atoms with E-state index in [-0.39, 0.29) is 17.5 Å². The van der Waals surface area contributed by atoms with Crippen LogP contribution in [0.3, 0.4) is 0 Å². The summed E-state index contributed by atoms with van der Waals surface area (Å²) in [4.78, 5) is 31.4. The van der Waals surface area contributed by atoms with Gasteiger partial charge < -0.3 is 24.9 Å². The lowest BCUT2D eigenvalue weighted by atomic mass is 9.78. The van der Waals surface area contributed by atoms with E-state index in [9.17, 15) is 4.79 Å². The van der Waals surface area contributed by atoms with Crippen LogP contribution in [-0.2, 0) is 14.9 Å². The zero-order valence-corrected chi connectivity index (χ0v) is 20.3. The summed E-state index contributed by atoms with van der Waals surface area (Å²) in [6, 6.07) is 7.09. The van der Waals surface area contributed by atoms with Gasteiger partial charge in [-0.3, -0.25) is 4.79 Å². The minimum absolute atomic E-state index is 0.195. The summed E-state index contributed by atoms with van der Waals surface area (Å²) in [5.74, 6) is 1.25. The van der Waals surface area contributed by atoms with E-state index in [1.165, 1.54) is 0 Å². The predicted octanol–water partition coefficient (Wildman–Crippen LogP) is 3.49. The number of imidazole rings is 1. The van der Waals surface area contributed by atoms with Gasteiger partial charge in [-0.2, -0.15) is 0 Å². The highest BCUT2D eigenvalue weighted by atomic mass is 35.5. The fourth-order valence-corrected chi connectivity index (χ4v) is 4.95. The van der Waals surface area contributed by atoms with Crippen molar-refractivity contribution < 1.29 is 14.3 Å². The molecule has 1 aromatic carbocycles. The van der Waals surface area contributed by atoms with Crippen molar-refractivity contribution in [2.75, 3.05) is 30.9 Å². The van der Waals surface area contributed by atoms with Gasteiger partial charge in [-0.05, 0) is 37.5 Å². The number of hydrogen-bond acceptors (Lipinski definition) is 8. The van der Waals surface area contributed by atoms with Crippen molar-refractivity contribution in [1.82, 2.24) is 24.3 Å². The Labute approximate surface area is 211 Å². The van der Waals surface area contributed by atoms with Gasteiger partial charge in [-0.1, -0.05) is 23.7 Å². The van der Waals surface area contributed by atoms with Crippen LogP contribution < -0.4 is 15.8 Å². The van der Waals surface area contributed by atoms with E-state index in [0.717, 1.165) is 25.0 Å². The number of carbonyl (C=O) groups excluding carboxylic acids is 1. The van der Waals surface area contributed by atoms with Crippen molar-refractivity contribution >= 4 is 34.8 Å². The molecule has 3 aromatic heterocycles.